The van der Waals surface area contributed by atoms with E-state index in [1.54, 1.807) is 24.3 Å². The Labute approximate surface area is 187 Å². The van der Waals surface area contributed by atoms with E-state index >= 15 is 0 Å². The molecule has 0 spiro atoms. The molecule has 2 amide bonds. The van der Waals surface area contributed by atoms with Crippen LogP contribution in [0, 0.1) is 6.92 Å². The van der Waals surface area contributed by atoms with Gasteiger partial charge in [-0.05, 0) is 42.2 Å². The molecule has 0 bridgehead atoms. The third-order valence-corrected chi connectivity index (χ3v) is 4.78. The van der Waals surface area contributed by atoms with Gasteiger partial charge in [0.2, 0.25) is 5.91 Å². The first kappa shape index (κ1) is 24.2. The summed E-state index contributed by atoms with van der Waals surface area (Å²) in [5.41, 5.74) is 2.45. The SMILES string of the molecule is Cc1ccc(C(C)C)c(OCC(=O)OCC(=O)N(C)CC(=O)Nc2ccccc2Cl)c1. The molecule has 166 valence electrons. The number of para-hydroxylation sites is 1. The number of hydrogen-bond acceptors (Lipinski definition) is 5. The highest BCUT2D eigenvalue weighted by Crippen LogP contribution is 2.27. The molecule has 1 N–H and O–H groups in total. The fourth-order valence-electron chi connectivity index (χ4n) is 2.73. The summed E-state index contributed by atoms with van der Waals surface area (Å²) in [4.78, 5) is 37.4. The Morgan fingerprint density at radius 2 is 1.81 bits per heavy atom. The molecule has 0 heterocycles. The second-order valence-electron chi connectivity index (χ2n) is 7.42. The third-order valence-electron chi connectivity index (χ3n) is 4.45. The van der Waals surface area contributed by atoms with Crippen LogP contribution in [-0.4, -0.2) is 49.5 Å². The zero-order valence-electron chi connectivity index (χ0n) is 18.1. The van der Waals surface area contributed by atoms with Crippen molar-refractivity contribution in [2.45, 2.75) is 26.7 Å². The fraction of sp³-hybridized carbons (Fsp3) is 0.348. The minimum atomic E-state index is -0.668. The number of hydrogen-bond donors (Lipinski definition) is 1. The highest BCUT2D eigenvalue weighted by molar-refractivity contribution is 6.33. The molecule has 0 aliphatic rings. The molecule has 2 aromatic carbocycles. The Kier molecular flexibility index (Phi) is 8.88. The quantitative estimate of drug-likeness (QED) is 0.592. The standard InChI is InChI=1S/C23H27ClN2O5/c1-15(2)17-10-9-16(3)11-20(17)30-14-23(29)31-13-22(28)26(4)12-21(27)25-19-8-6-5-7-18(19)24/h5-11,15H,12-14H2,1-4H3,(H,25,27). The minimum absolute atomic E-state index is 0.209. The fourth-order valence-corrected chi connectivity index (χ4v) is 2.91. The van der Waals surface area contributed by atoms with E-state index in [0.29, 0.717) is 16.5 Å². The average molecular weight is 447 g/mol. The van der Waals surface area contributed by atoms with E-state index in [1.165, 1.54) is 7.05 Å². The lowest BCUT2D eigenvalue weighted by molar-refractivity contribution is -0.153. The molecule has 0 atom stereocenters. The summed E-state index contributed by atoms with van der Waals surface area (Å²) in [5.74, 6) is -0.746. The van der Waals surface area contributed by atoms with Crippen molar-refractivity contribution in [3.63, 3.8) is 0 Å². The lowest BCUT2D eigenvalue weighted by atomic mass is 10.0. The third kappa shape index (κ3) is 7.61. The van der Waals surface area contributed by atoms with Crippen molar-refractivity contribution in [2.24, 2.45) is 0 Å². The number of rotatable bonds is 9. The highest BCUT2D eigenvalue weighted by atomic mass is 35.5. The van der Waals surface area contributed by atoms with Crippen LogP contribution in [0.25, 0.3) is 0 Å². The van der Waals surface area contributed by atoms with Crippen LogP contribution >= 0.6 is 11.6 Å². The second-order valence-corrected chi connectivity index (χ2v) is 7.83. The van der Waals surface area contributed by atoms with Gasteiger partial charge in [0.1, 0.15) is 5.75 Å². The van der Waals surface area contributed by atoms with Crippen LogP contribution in [-0.2, 0) is 19.1 Å². The molecule has 0 unspecified atom stereocenters. The maximum absolute atomic E-state index is 12.2. The van der Waals surface area contributed by atoms with Gasteiger partial charge in [0.05, 0.1) is 17.3 Å². The van der Waals surface area contributed by atoms with E-state index in [2.05, 4.69) is 5.32 Å². The highest BCUT2D eigenvalue weighted by Gasteiger charge is 2.17. The molecule has 8 heteroatoms. The number of amides is 2. The normalized spacial score (nSPS) is 10.5. The minimum Gasteiger partial charge on any atom is -0.482 e. The summed E-state index contributed by atoms with van der Waals surface area (Å²) in [7, 11) is 1.44. The maximum atomic E-state index is 12.2. The monoisotopic (exact) mass is 446 g/mol. The molecular formula is C23H27ClN2O5. The van der Waals surface area contributed by atoms with Crippen molar-refractivity contribution in [1.29, 1.82) is 0 Å². The van der Waals surface area contributed by atoms with E-state index in [0.717, 1.165) is 16.0 Å². The Bertz CT molecular complexity index is 945. The van der Waals surface area contributed by atoms with Crippen molar-refractivity contribution in [3.05, 3.63) is 58.6 Å². The molecule has 7 nitrogen and oxygen atoms in total. The number of aryl methyl sites for hydroxylation is 1. The summed E-state index contributed by atoms with van der Waals surface area (Å²) in [6, 6.07) is 12.6. The zero-order chi connectivity index (χ0) is 23.0. The molecule has 0 saturated heterocycles. The molecule has 0 aromatic heterocycles. The predicted octanol–water partition coefficient (Wildman–Crippen LogP) is 3.79. The lowest BCUT2D eigenvalue weighted by Crippen LogP contribution is -2.37. The van der Waals surface area contributed by atoms with E-state index in [9.17, 15) is 14.4 Å². The van der Waals surface area contributed by atoms with Crippen LogP contribution in [0.5, 0.6) is 5.75 Å². The van der Waals surface area contributed by atoms with Crippen LogP contribution in [0.15, 0.2) is 42.5 Å². The van der Waals surface area contributed by atoms with Gasteiger partial charge in [-0.15, -0.1) is 0 Å². The summed E-state index contributed by atoms with van der Waals surface area (Å²) in [6.07, 6.45) is 0. The van der Waals surface area contributed by atoms with E-state index in [1.807, 2.05) is 39.0 Å². The van der Waals surface area contributed by atoms with Gasteiger partial charge in [0, 0.05) is 7.05 Å². The van der Waals surface area contributed by atoms with Crippen LogP contribution in [0.3, 0.4) is 0 Å². The average Bonchev–Trinajstić information content (AvgIpc) is 2.71. The second kappa shape index (κ2) is 11.4. The van der Waals surface area contributed by atoms with Crippen molar-refractivity contribution >= 4 is 35.1 Å². The molecule has 2 rings (SSSR count). The number of ether oxygens (including phenoxy) is 2. The first-order chi connectivity index (χ1) is 14.7. The van der Waals surface area contributed by atoms with Gasteiger partial charge in [-0.3, -0.25) is 9.59 Å². The molecule has 0 saturated carbocycles. The number of esters is 1. The van der Waals surface area contributed by atoms with Gasteiger partial charge in [-0.25, -0.2) is 4.79 Å². The van der Waals surface area contributed by atoms with Crippen molar-refractivity contribution in [1.82, 2.24) is 4.90 Å². The van der Waals surface area contributed by atoms with Crippen LogP contribution in [0.2, 0.25) is 5.02 Å². The smallest absolute Gasteiger partial charge is 0.344 e. The van der Waals surface area contributed by atoms with Gasteiger partial charge in [-0.1, -0.05) is 49.7 Å². The molecule has 31 heavy (non-hydrogen) atoms. The first-order valence-electron chi connectivity index (χ1n) is 9.84. The molecule has 0 aliphatic carbocycles. The number of carbonyl (C=O) groups is 3. The van der Waals surface area contributed by atoms with Crippen molar-refractivity contribution < 1.29 is 23.9 Å². The lowest BCUT2D eigenvalue weighted by Gasteiger charge is -2.17. The zero-order valence-corrected chi connectivity index (χ0v) is 18.9. The Morgan fingerprint density at radius 1 is 1.10 bits per heavy atom. The number of nitrogens with zero attached hydrogens (tertiary/aromatic N) is 1. The van der Waals surface area contributed by atoms with Gasteiger partial charge >= 0.3 is 5.97 Å². The van der Waals surface area contributed by atoms with Crippen molar-refractivity contribution in [2.75, 3.05) is 32.1 Å². The van der Waals surface area contributed by atoms with E-state index in [-0.39, 0.29) is 19.1 Å². The summed E-state index contributed by atoms with van der Waals surface area (Å²) < 4.78 is 10.6. The van der Waals surface area contributed by atoms with Gasteiger partial charge in [0.15, 0.2) is 13.2 Å². The predicted molar refractivity (Wildman–Crippen MR) is 119 cm³/mol. The van der Waals surface area contributed by atoms with Gasteiger partial charge < -0.3 is 19.7 Å². The van der Waals surface area contributed by atoms with Gasteiger partial charge in [0.25, 0.3) is 5.91 Å². The number of halogens is 1. The molecule has 0 radical (unpaired) electrons. The van der Waals surface area contributed by atoms with Crippen molar-refractivity contribution in [3.8, 4) is 5.75 Å². The number of likely N-dealkylation sites (N-methyl/N-ethyl adjacent to an activating group) is 1. The Morgan fingerprint density at radius 3 is 2.48 bits per heavy atom. The first-order valence-corrected chi connectivity index (χ1v) is 10.2. The van der Waals surface area contributed by atoms with Gasteiger partial charge in [-0.2, -0.15) is 0 Å². The van der Waals surface area contributed by atoms with Crippen LogP contribution in [0.4, 0.5) is 5.69 Å². The number of nitrogens with one attached hydrogen (secondary N) is 1. The Hall–Kier alpha value is -3.06. The number of benzene rings is 2. The number of carbonyl (C=O) groups excluding carboxylic acids is 3. The maximum Gasteiger partial charge on any atom is 0.344 e. The van der Waals surface area contributed by atoms with E-state index < -0.39 is 24.4 Å². The molecular weight excluding hydrogens is 420 g/mol. The molecule has 0 fully saturated rings. The summed E-state index contributed by atoms with van der Waals surface area (Å²) in [6.45, 7) is 5.00. The number of anilines is 1. The Balaban J connectivity index is 1.78. The summed E-state index contributed by atoms with van der Waals surface area (Å²) in [5, 5.41) is 3.02. The largest absolute Gasteiger partial charge is 0.482 e. The van der Waals surface area contributed by atoms with Crippen LogP contribution < -0.4 is 10.1 Å². The topological polar surface area (TPSA) is 84.9 Å². The molecule has 2 aromatic rings. The van der Waals surface area contributed by atoms with Crippen LogP contribution in [0.1, 0.15) is 30.9 Å². The molecule has 0 aliphatic heterocycles. The summed E-state index contributed by atoms with van der Waals surface area (Å²) >= 11 is 6.00. The van der Waals surface area contributed by atoms with E-state index in [4.69, 9.17) is 21.1 Å².